The lowest BCUT2D eigenvalue weighted by Crippen LogP contribution is -2.06. The summed E-state index contributed by atoms with van der Waals surface area (Å²) < 4.78 is 10.9. The van der Waals surface area contributed by atoms with Crippen LogP contribution < -0.4 is 0 Å². The van der Waals surface area contributed by atoms with E-state index in [1.165, 1.54) is 0 Å². The highest BCUT2D eigenvalue weighted by Gasteiger charge is 2.17. The Kier molecular flexibility index (Phi) is 2.93. The summed E-state index contributed by atoms with van der Waals surface area (Å²) >= 11 is 3.20. The van der Waals surface area contributed by atoms with Crippen molar-refractivity contribution in [3.05, 3.63) is 34.4 Å². The van der Waals surface area contributed by atoms with Gasteiger partial charge in [0.15, 0.2) is 4.67 Å². The molecule has 4 heteroatoms. The zero-order valence-electron chi connectivity index (χ0n) is 7.57. The molecule has 76 valence electrons. The van der Waals surface area contributed by atoms with Crippen LogP contribution in [0.1, 0.15) is 24.5 Å². The smallest absolute Gasteiger partial charge is 0.169 e. The number of hydrogen-bond acceptors (Lipinski definition) is 3. The third-order valence-corrected chi connectivity index (χ3v) is 2.63. The minimum atomic E-state index is -0.606. The van der Waals surface area contributed by atoms with Crippen LogP contribution in [0.15, 0.2) is 33.3 Å². The van der Waals surface area contributed by atoms with E-state index in [1.807, 2.05) is 0 Å². The molecule has 1 aromatic heterocycles. The highest BCUT2D eigenvalue weighted by Crippen LogP contribution is 2.29. The van der Waals surface area contributed by atoms with Gasteiger partial charge in [-0.05, 0) is 40.4 Å². The summed E-state index contributed by atoms with van der Waals surface area (Å²) in [5.74, 6) is 0. The Morgan fingerprint density at radius 3 is 2.93 bits per heavy atom. The second-order valence-electron chi connectivity index (χ2n) is 3.25. The standard InChI is InChI=1S/C10H11BrO3/c11-9-4-8(6-14-9)10(12)7-2-1-3-13-5-7/h4-6,10,12H,1-3H2. The van der Waals surface area contributed by atoms with Crippen molar-refractivity contribution in [1.29, 1.82) is 0 Å². The molecule has 0 saturated heterocycles. The minimum absolute atomic E-state index is 0.606. The maximum atomic E-state index is 9.93. The molecule has 1 aliphatic rings. The Balaban J connectivity index is 2.14. The highest BCUT2D eigenvalue weighted by molar-refractivity contribution is 9.10. The molecular weight excluding hydrogens is 248 g/mol. The fourth-order valence-electron chi connectivity index (χ4n) is 1.47. The number of ether oxygens (including phenoxy) is 1. The average Bonchev–Trinajstić information content (AvgIpc) is 2.65. The molecule has 2 rings (SSSR count). The maximum absolute atomic E-state index is 9.93. The van der Waals surface area contributed by atoms with Gasteiger partial charge in [-0.25, -0.2) is 0 Å². The molecule has 1 aliphatic heterocycles. The lowest BCUT2D eigenvalue weighted by atomic mass is 10.0. The van der Waals surface area contributed by atoms with Gasteiger partial charge >= 0.3 is 0 Å². The van der Waals surface area contributed by atoms with E-state index in [0.717, 1.165) is 30.6 Å². The van der Waals surface area contributed by atoms with E-state index in [1.54, 1.807) is 18.6 Å². The van der Waals surface area contributed by atoms with E-state index in [9.17, 15) is 5.11 Å². The highest BCUT2D eigenvalue weighted by atomic mass is 79.9. The average molecular weight is 259 g/mol. The van der Waals surface area contributed by atoms with Gasteiger partial charge in [-0.1, -0.05) is 0 Å². The summed E-state index contributed by atoms with van der Waals surface area (Å²) in [4.78, 5) is 0. The van der Waals surface area contributed by atoms with Crippen molar-refractivity contribution in [2.24, 2.45) is 0 Å². The van der Waals surface area contributed by atoms with Gasteiger partial charge in [0.1, 0.15) is 6.10 Å². The van der Waals surface area contributed by atoms with Gasteiger partial charge in [-0.15, -0.1) is 0 Å². The van der Waals surface area contributed by atoms with Crippen LogP contribution in [0.3, 0.4) is 0 Å². The Hall–Kier alpha value is -0.740. The van der Waals surface area contributed by atoms with Crippen LogP contribution >= 0.6 is 15.9 Å². The Morgan fingerprint density at radius 1 is 1.50 bits per heavy atom. The minimum Gasteiger partial charge on any atom is -0.501 e. The fourth-order valence-corrected chi connectivity index (χ4v) is 1.82. The normalized spacial score (nSPS) is 18.6. The van der Waals surface area contributed by atoms with Crippen LogP contribution in [0.4, 0.5) is 0 Å². The molecule has 0 aliphatic carbocycles. The summed E-state index contributed by atoms with van der Waals surface area (Å²) in [7, 11) is 0. The first-order valence-electron chi connectivity index (χ1n) is 4.50. The topological polar surface area (TPSA) is 42.6 Å². The van der Waals surface area contributed by atoms with Gasteiger partial charge in [0.05, 0.1) is 19.1 Å². The number of aliphatic hydroxyl groups excluding tert-OH is 1. The lowest BCUT2D eigenvalue weighted by molar-refractivity contribution is 0.170. The van der Waals surface area contributed by atoms with E-state index in [4.69, 9.17) is 9.15 Å². The van der Waals surface area contributed by atoms with E-state index >= 15 is 0 Å². The zero-order valence-corrected chi connectivity index (χ0v) is 9.16. The number of halogens is 1. The van der Waals surface area contributed by atoms with Gasteiger partial charge in [-0.3, -0.25) is 0 Å². The maximum Gasteiger partial charge on any atom is 0.169 e. The second-order valence-corrected chi connectivity index (χ2v) is 4.04. The van der Waals surface area contributed by atoms with Gasteiger partial charge < -0.3 is 14.3 Å². The van der Waals surface area contributed by atoms with Crippen LogP contribution in [0, 0.1) is 0 Å². The molecule has 1 atom stereocenters. The van der Waals surface area contributed by atoms with Crippen molar-refractivity contribution >= 4 is 15.9 Å². The van der Waals surface area contributed by atoms with Crippen molar-refractivity contribution in [2.45, 2.75) is 18.9 Å². The molecular formula is C10H11BrO3. The summed E-state index contributed by atoms with van der Waals surface area (Å²) in [6.45, 7) is 0.741. The SMILES string of the molecule is OC(C1=COCCC1)c1coc(Br)c1. The fraction of sp³-hybridized carbons (Fsp3) is 0.400. The molecule has 1 N–H and O–H groups in total. The molecule has 2 heterocycles. The van der Waals surface area contributed by atoms with E-state index in [-0.39, 0.29) is 0 Å². The summed E-state index contributed by atoms with van der Waals surface area (Å²) in [6.07, 6.45) is 4.43. The Morgan fingerprint density at radius 2 is 2.36 bits per heavy atom. The number of furan rings is 1. The molecule has 3 nitrogen and oxygen atoms in total. The first-order chi connectivity index (χ1) is 6.77. The first kappa shape index (κ1) is 9.80. The molecule has 0 bridgehead atoms. The second kappa shape index (κ2) is 4.19. The molecule has 0 amide bonds. The van der Waals surface area contributed by atoms with Crippen LogP contribution in [0.2, 0.25) is 0 Å². The van der Waals surface area contributed by atoms with Crippen molar-refractivity contribution in [3.63, 3.8) is 0 Å². The molecule has 1 aromatic rings. The number of aliphatic hydroxyl groups is 1. The summed E-state index contributed by atoms with van der Waals surface area (Å²) in [6, 6.07) is 1.76. The molecule has 0 saturated carbocycles. The predicted octanol–water partition coefficient (Wildman–Crippen LogP) is 2.77. The van der Waals surface area contributed by atoms with Crippen LogP contribution in [-0.4, -0.2) is 11.7 Å². The van der Waals surface area contributed by atoms with Crippen molar-refractivity contribution < 1.29 is 14.3 Å². The molecule has 0 aromatic carbocycles. The van der Waals surface area contributed by atoms with Crippen molar-refractivity contribution in [2.75, 3.05) is 6.61 Å². The van der Waals surface area contributed by atoms with Gasteiger partial charge in [0.25, 0.3) is 0 Å². The lowest BCUT2D eigenvalue weighted by Gasteiger charge is -2.17. The monoisotopic (exact) mass is 258 g/mol. The van der Waals surface area contributed by atoms with Crippen LogP contribution in [-0.2, 0) is 4.74 Å². The molecule has 0 radical (unpaired) electrons. The van der Waals surface area contributed by atoms with Crippen LogP contribution in [0.5, 0.6) is 0 Å². The van der Waals surface area contributed by atoms with Crippen molar-refractivity contribution in [1.82, 2.24) is 0 Å². The molecule has 1 unspecified atom stereocenters. The molecule has 0 spiro atoms. The Bertz CT molecular complexity index is 343. The number of rotatable bonds is 2. The summed E-state index contributed by atoms with van der Waals surface area (Å²) in [5, 5.41) is 9.93. The number of hydrogen-bond donors (Lipinski definition) is 1. The van der Waals surface area contributed by atoms with Gasteiger partial charge in [-0.2, -0.15) is 0 Å². The van der Waals surface area contributed by atoms with Crippen LogP contribution in [0.25, 0.3) is 0 Å². The Labute approximate surface area is 90.5 Å². The molecule has 14 heavy (non-hydrogen) atoms. The largest absolute Gasteiger partial charge is 0.501 e. The quantitative estimate of drug-likeness (QED) is 0.887. The zero-order chi connectivity index (χ0) is 9.97. The third-order valence-electron chi connectivity index (χ3n) is 2.22. The van der Waals surface area contributed by atoms with Gasteiger partial charge in [0, 0.05) is 5.56 Å². The molecule has 0 fully saturated rings. The van der Waals surface area contributed by atoms with Gasteiger partial charge in [0.2, 0.25) is 0 Å². The van der Waals surface area contributed by atoms with E-state index < -0.39 is 6.10 Å². The predicted molar refractivity (Wildman–Crippen MR) is 54.6 cm³/mol. The van der Waals surface area contributed by atoms with E-state index in [0.29, 0.717) is 4.67 Å². The van der Waals surface area contributed by atoms with Crippen molar-refractivity contribution in [3.8, 4) is 0 Å². The first-order valence-corrected chi connectivity index (χ1v) is 5.29. The third kappa shape index (κ3) is 2.01. The van der Waals surface area contributed by atoms with E-state index in [2.05, 4.69) is 15.9 Å². The summed E-state index contributed by atoms with van der Waals surface area (Å²) in [5.41, 5.74) is 1.66.